The van der Waals surface area contributed by atoms with E-state index in [-0.39, 0.29) is 23.5 Å². The molecular weight excluding hydrogens is 320 g/mol. The molecule has 1 aliphatic rings. The summed E-state index contributed by atoms with van der Waals surface area (Å²) in [6.45, 7) is 1.94. The van der Waals surface area contributed by atoms with Crippen LogP contribution in [0.3, 0.4) is 0 Å². The summed E-state index contributed by atoms with van der Waals surface area (Å²) in [6.07, 6.45) is 0.485. The minimum Gasteiger partial charge on any atom is -0.348 e. The van der Waals surface area contributed by atoms with Crippen LogP contribution in [0.15, 0.2) is 29.6 Å². The lowest BCUT2D eigenvalue weighted by Crippen LogP contribution is -2.35. The maximum atomic E-state index is 12.3. The Morgan fingerprint density at radius 1 is 1.41 bits per heavy atom. The Hall–Kier alpha value is -1.73. The van der Waals surface area contributed by atoms with E-state index in [4.69, 9.17) is 0 Å². The summed E-state index contributed by atoms with van der Waals surface area (Å²) in [5.41, 5.74) is 2.25. The molecule has 1 N–H and O–H groups in total. The Balaban J connectivity index is 1.76. The van der Waals surface area contributed by atoms with Gasteiger partial charge in [-0.05, 0) is 25.5 Å². The van der Waals surface area contributed by atoms with Gasteiger partial charge in [-0.2, -0.15) is 0 Å². The molecule has 0 radical (unpaired) electrons. The van der Waals surface area contributed by atoms with Gasteiger partial charge < -0.3 is 5.32 Å². The third-order valence-electron chi connectivity index (χ3n) is 3.61. The highest BCUT2D eigenvalue weighted by atomic mass is 32.2. The molecule has 7 heteroatoms. The highest BCUT2D eigenvalue weighted by Crippen LogP contribution is 2.22. The molecule has 0 unspecified atom stereocenters. The number of thiazole rings is 1. The van der Waals surface area contributed by atoms with Crippen molar-refractivity contribution in [2.75, 3.05) is 11.5 Å². The summed E-state index contributed by atoms with van der Waals surface area (Å²) >= 11 is 1.56. The predicted octanol–water partition coefficient (Wildman–Crippen LogP) is 2.04. The number of nitrogens with zero attached hydrogens (tertiary/aromatic N) is 1. The molecule has 5 nitrogen and oxygen atoms in total. The van der Waals surface area contributed by atoms with Crippen molar-refractivity contribution in [2.24, 2.45) is 0 Å². The van der Waals surface area contributed by atoms with E-state index in [1.807, 2.05) is 24.4 Å². The topological polar surface area (TPSA) is 76.1 Å². The molecule has 1 amide bonds. The number of nitrogens with one attached hydrogen (secondary N) is 1. The molecule has 1 aromatic heterocycles. The van der Waals surface area contributed by atoms with Crippen molar-refractivity contribution >= 4 is 27.1 Å². The van der Waals surface area contributed by atoms with Crippen LogP contribution in [0.2, 0.25) is 0 Å². The third kappa shape index (κ3) is 3.36. The van der Waals surface area contributed by atoms with Gasteiger partial charge in [-0.1, -0.05) is 12.1 Å². The summed E-state index contributed by atoms with van der Waals surface area (Å²) in [6, 6.07) is 6.94. The van der Waals surface area contributed by atoms with Crippen molar-refractivity contribution in [1.82, 2.24) is 10.3 Å². The quantitative estimate of drug-likeness (QED) is 0.930. The molecule has 2 aromatic rings. The van der Waals surface area contributed by atoms with Crippen LogP contribution < -0.4 is 5.32 Å². The van der Waals surface area contributed by atoms with E-state index in [1.54, 1.807) is 23.5 Å². The number of carbonyl (C=O) groups is 1. The van der Waals surface area contributed by atoms with Crippen molar-refractivity contribution in [3.05, 3.63) is 40.2 Å². The average Bonchev–Trinajstić information content (AvgIpc) is 3.05. The second-order valence-corrected chi connectivity index (χ2v) is 8.70. The molecule has 1 saturated heterocycles. The van der Waals surface area contributed by atoms with Crippen molar-refractivity contribution in [1.29, 1.82) is 0 Å². The Morgan fingerprint density at radius 3 is 2.86 bits per heavy atom. The first kappa shape index (κ1) is 15.2. The van der Waals surface area contributed by atoms with Crippen LogP contribution in [-0.4, -0.2) is 36.9 Å². The van der Waals surface area contributed by atoms with Crippen molar-refractivity contribution in [3.8, 4) is 11.3 Å². The number of hydrogen-bond acceptors (Lipinski definition) is 5. The van der Waals surface area contributed by atoms with Gasteiger partial charge in [0.05, 0.1) is 22.2 Å². The molecule has 1 fully saturated rings. The van der Waals surface area contributed by atoms with E-state index >= 15 is 0 Å². The molecule has 0 bridgehead atoms. The Morgan fingerprint density at radius 2 is 2.23 bits per heavy atom. The van der Waals surface area contributed by atoms with Crippen LogP contribution in [0.4, 0.5) is 0 Å². The molecule has 1 aliphatic heterocycles. The van der Waals surface area contributed by atoms with Crippen LogP contribution in [0, 0.1) is 6.92 Å². The van der Waals surface area contributed by atoms with Gasteiger partial charge in [-0.25, -0.2) is 13.4 Å². The fourth-order valence-electron chi connectivity index (χ4n) is 2.49. The van der Waals surface area contributed by atoms with Crippen LogP contribution in [-0.2, 0) is 9.84 Å². The SMILES string of the molecule is Cc1nc(-c2cccc(C(=O)N[C@@H]3CCS(=O)(=O)C3)c2)cs1. The van der Waals surface area contributed by atoms with Crippen LogP contribution >= 0.6 is 11.3 Å². The lowest BCUT2D eigenvalue weighted by molar-refractivity contribution is 0.0941. The first-order valence-electron chi connectivity index (χ1n) is 6.97. The maximum absolute atomic E-state index is 12.3. The Bertz CT molecular complexity index is 812. The van der Waals surface area contributed by atoms with E-state index in [9.17, 15) is 13.2 Å². The largest absolute Gasteiger partial charge is 0.348 e. The fourth-order valence-corrected chi connectivity index (χ4v) is 4.79. The standard InChI is InChI=1S/C15H16N2O3S2/c1-10-16-14(8-21-10)11-3-2-4-12(7-11)15(18)17-13-5-6-22(19,20)9-13/h2-4,7-8,13H,5-6,9H2,1H3,(H,17,18)/t13-/m1/s1. The minimum atomic E-state index is -3.00. The number of sulfone groups is 1. The van der Waals surface area contributed by atoms with Gasteiger partial charge in [-0.3, -0.25) is 4.79 Å². The first-order chi connectivity index (χ1) is 10.4. The molecular formula is C15H16N2O3S2. The lowest BCUT2D eigenvalue weighted by atomic mass is 10.1. The summed E-state index contributed by atoms with van der Waals surface area (Å²) < 4.78 is 22.9. The van der Waals surface area contributed by atoms with E-state index in [1.165, 1.54) is 0 Å². The Kier molecular flexibility index (Phi) is 4.01. The first-order valence-corrected chi connectivity index (χ1v) is 9.67. The Labute approximate surface area is 133 Å². The van der Waals surface area contributed by atoms with Gasteiger partial charge in [0.2, 0.25) is 0 Å². The van der Waals surface area contributed by atoms with Gasteiger partial charge in [0.25, 0.3) is 5.91 Å². The maximum Gasteiger partial charge on any atom is 0.251 e. The van der Waals surface area contributed by atoms with Crippen molar-refractivity contribution < 1.29 is 13.2 Å². The van der Waals surface area contributed by atoms with E-state index in [0.717, 1.165) is 16.3 Å². The zero-order chi connectivity index (χ0) is 15.7. The third-order valence-corrected chi connectivity index (χ3v) is 6.15. The summed E-state index contributed by atoms with van der Waals surface area (Å²) in [5.74, 6) is -0.0596. The van der Waals surface area contributed by atoms with Crippen molar-refractivity contribution in [2.45, 2.75) is 19.4 Å². The molecule has 1 aromatic carbocycles. The number of hydrogen-bond donors (Lipinski definition) is 1. The predicted molar refractivity (Wildman–Crippen MR) is 86.8 cm³/mol. The second-order valence-electron chi connectivity index (χ2n) is 5.41. The molecule has 0 saturated carbocycles. The van der Waals surface area contributed by atoms with Gasteiger partial charge in [0.15, 0.2) is 9.84 Å². The van der Waals surface area contributed by atoms with E-state index in [0.29, 0.717) is 12.0 Å². The van der Waals surface area contributed by atoms with Crippen molar-refractivity contribution in [3.63, 3.8) is 0 Å². The number of aromatic nitrogens is 1. The highest BCUT2D eigenvalue weighted by Gasteiger charge is 2.29. The summed E-state index contributed by atoms with van der Waals surface area (Å²) in [7, 11) is -3.00. The number of carbonyl (C=O) groups excluding carboxylic acids is 1. The fraction of sp³-hybridized carbons (Fsp3) is 0.333. The zero-order valence-electron chi connectivity index (χ0n) is 12.1. The van der Waals surface area contributed by atoms with Crippen LogP contribution in [0.1, 0.15) is 21.8 Å². The molecule has 3 rings (SSSR count). The van der Waals surface area contributed by atoms with Gasteiger partial charge in [0, 0.05) is 22.5 Å². The van der Waals surface area contributed by atoms with E-state index in [2.05, 4.69) is 10.3 Å². The summed E-state index contributed by atoms with van der Waals surface area (Å²) in [5, 5.41) is 5.73. The highest BCUT2D eigenvalue weighted by molar-refractivity contribution is 7.91. The second kappa shape index (κ2) is 5.81. The molecule has 2 heterocycles. The minimum absolute atomic E-state index is 0.0315. The lowest BCUT2D eigenvalue weighted by Gasteiger charge is -2.11. The van der Waals surface area contributed by atoms with E-state index < -0.39 is 9.84 Å². The number of aryl methyl sites for hydroxylation is 1. The normalized spacial score (nSPS) is 20.0. The number of rotatable bonds is 3. The van der Waals surface area contributed by atoms with Crippen LogP contribution in [0.5, 0.6) is 0 Å². The van der Waals surface area contributed by atoms with Gasteiger partial charge in [0.1, 0.15) is 0 Å². The number of amides is 1. The molecule has 116 valence electrons. The molecule has 22 heavy (non-hydrogen) atoms. The smallest absolute Gasteiger partial charge is 0.251 e. The number of benzene rings is 1. The molecule has 0 spiro atoms. The zero-order valence-corrected chi connectivity index (χ0v) is 13.7. The van der Waals surface area contributed by atoms with Gasteiger partial charge >= 0.3 is 0 Å². The molecule has 0 aliphatic carbocycles. The summed E-state index contributed by atoms with van der Waals surface area (Å²) in [4.78, 5) is 16.7. The van der Waals surface area contributed by atoms with Crippen LogP contribution in [0.25, 0.3) is 11.3 Å². The monoisotopic (exact) mass is 336 g/mol. The molecule has 1 atom stereocenters. The average molecular weight is 336 g/mol. The van der Waals surface area contributed by atoms with Gasteiger partial charge in [-0.15, -0.1) is 11.3 Å².